The third-order valence-corrected chi connectivity index (χ3v) is 5.78. The number of methoxy groups -OCH3 is 2. The summed E-state index contributed by atoms with van der Waals surface area (Å²) in [5.74, 6) is 0.293. The monoisotopic (exact) mass is 494 g/mol. The molecule has 4 aromatic rings. The summed E-state index contributed by atoms with van der Waals surface area (Å²) >= 11 is 6.13. The number of aryl methyl sites for hydroxylation is 2. The number of pyridine rings is 1. The largest absolute Gasteiger partial charge is 0.495 e. The maximum atomic E-state index is 13.6. The van der Waals surface area contributed by atoms with Gasteiger partial charge in [0.1, 0.15) is 18.0 Å². The zero-order valence-electron chi connectivity index (χ0n) is 19.6. The Morgan fingerprint density at radius 3 is 2.43 bits per heavy atom. The van der Waals surface area contributed by atoms with Crippen LogP contribution in [0.1, 0.15) is 11.3 Å². The second kappa shape index (κ2) is 9.63. The fourth-order valence-electron chi connectivity index (χ4n) is 3.94. The molecule has 0 saturated heterocycles. The van der Waals surface area contributed by atoms with Crippen LogP contribution in [0.15, 0.2) is 58.1 Å². The van der Waals surface area contributed by atoms with Crippen molar-refractivity contribution in [1.29, 1.82) is 0 Å². The molecular weight excluding hydrogens is 472 g/mol. The van der Waals surface area contributed by atoms with Crippen molar-refractivity contribution in [1.82, 2.24) is 14.1 Å². The maximum Gasteiger partial charge on any atom is 0.337 e. The van der Waals surface area contributed by atoms with Crippen LogP contribution < -0.4 is 26.0 Å². The number of anilines is 1. The van der Waals surface area contributed by atoms with Gasteiger partial charge < -0.3 is 14.8 Å². The number of nitrogens with one attached hydrogen (secondary N) is 1. The highest BCUT2D eigenvalue weighted by Crippen LogP contribution is 2.27. The second-order valence-electron chi connectivity index (χ2n) is 7.86. The smallest absolute Gasteiger partial charge is 0.337 e. The molecular formula is C25H23ClN4O5. The summed E-state index contributed by atoms with van der Waals surface area (Å²) in [5.41, 5.74) is 0.949. The number of aromatic nitrogens is 3. The fraction of sp³-hybridized carbons (Fsp3) is 0.200. The van der Waals surface area contributed by atoms with E-state index in [0.717, 1.165) is 4.57 Å². The quantitative estimate of drug-likeness (QED) is 0.440. The lowest BCUT2D eigenvalue weighted by atomic mass is 10.1. The van der Waals surface area contributed by atoms with E-state index in [1.807, 2.05) is 0 Å². The molecule has 1 N–H and O–H groups in total. The van der Waals surface area contributed by atoms with Gasteiger partial charge in [0.25, 0.3) is 5.56 Å². The van der Waals surface area contributed by atoms with E-state index in [0.29, 0.717) is 39.2 Å². The van der Waals surface area contributed by atoms with Gasteiger partial charge in [0.05, 0.1) is 30.3 Å². The van der Waals surface area contributed by atoms with E-state index in [1.54, 1.807) is 56.3 Å². The third-order valence-electron chi connectivity index (χ3n) is 5.48. The molecule has 0 aliphatic heterocycles. The van der Waals surface area contributed by atoms with Gasteiger partial charge in [0, 0.05) is 11.4 Å². The van der Waals surface area contributed by atoms with E-state index < -0.39 is 23.7 Å². The van der Waals surface area contributed by atoms with Gasteiger partial charge in [0.2, 0.25) is 5.91 Å². The van der Waals surface area contributed by atoms with Crippen LogP contribution in [0, 0.1) is 13.8 Å². The molecule has 35 heavy (non-hydrogen) atoms. The summed E-state index contributed by atoms with van der Waals surface area (Å²) in [6.45, 7) is 3.03. The molecule has 4 rings (SSSR count). The Kier molecular flexibility index (Phi) is 6.61. The van der Waals surface area contributed by atoms with Crippen molar-refractivity contribution >= 4 is 34.2 Å². The van der Waals surface area contributed by atoms with Crippen LogP contribution in [0.4, 0.5) is 5.69 Å². The predicted molar refractivity (Wildman–Crippen MR) is 134 cm³/mol. The van der Waals surface area contributed by atoms with E-state index in [-0.39, 0.29) is 11.0 Å². The standard InChI is InChI=1S/C25H23ClN4O5/c1-14-11-15(2)27-23-22(14)24(32)29(25(33)30(23)18-7-5-6-8-20(18)35-4)13-21(31)28-16-9-10-19(34-3)17(26)12-16/h5-12H,13H2,1-4H3,(H,28,31). The average Bonchev–Trinajstić information content (AvgIpc) is 2.81. The van der Waals surface area contributed by atoms with Gasteiger partial charge in [-0.25, -0.2) is 18.9 Å². The van der Waals surface area contributed by atoms with E-state index in [4.69, 9.17) is 21.1 Å². The van der Waals surface area contributed by atoms with Gasteiger partial charge in [0.15, 0.2) is 5.65 Å². The zero-order chi connectivity index (χ0) is 25.3. The molecule has 180 valence electrons. The van der Waals surface area contributed by atoms with Crippen LogP contribution in [0.2, 0.25) is 5.02 Å². The lowest BCUT2D eigenvalue weighted by molar-refractivity contribution is -0.116. The summed E-state index contributed by atoms with van der Waals surface area (Å²) in [7, 11) is 2.97. The molecule has 1 amide bonds. The Morgan fingerprint density at radius 2 is 1.74 bits per heavy atom. The number of fused-ring (bicyclic) bond motifs is 1. The Labute approximate surface area is 205 Å². The third kappa shape index (κ3) is 4.50. The first kappa shape index (κ1) is 24.0. The first-order valence-corrected chi connectivity index (χ1v) is 11.0. The first-order chi connectivity index (χ1) is 16.7. The number of nitrogens with zero attached hydrogens (tertiary/aromatic N) is 3. The van der Waals surface area contributed by atoms with Crippen LogP contribution in [-0.4, -0.2) is 34.2 Å². The number of para-hydroxylation sites is 2. The molecule has 0 aliphatic rings. The van der Waals surface area contributed by atoms with Crippen molar-refractivity contribution in [2.24, 2.45) is 0 Å². The van der Waals surface area contributed by atoms with E-state index in [9.17, 15) is 14.4 Å². The molecule has 0 bridgehead atoms. The molecule has 2 aromatic carbocycles. The van der Waals surface area contributed by atoms with E-state index in [1.165, 1.54) is 24.9 Å². The van der Waals surface area contributed by atoms with Crippen LogP contribution in [0.25, 0.3) is 16.7 Å². The lowest BCUT2D eigenvalue weighted by Gasteiger charge is -2.17. The van der Waals surface area contributed by atoms with Gasteiger partial charge in [-0.3, -0.25) is 9.59 Å². The molecule has 0 saturated carbocycles. The van der Waals surface area contributed by atoms with Gasteiger partial charge >= 0.3 is 5.69 Å². The minimum atomic E-state index is -0.715. The van der Waals surface area contributed by atoms with Crippen molar-refractivity contribution in [3.8, 4) is 17.2 Å². The topological polar surface area (TPSA) is 104 Å². The van der Waals surface area contributed by atoms with Crippen LogP contribution in [0.3, 0.4) is 0 Å². The number of carbonyl (C=O) groups is 1. The Bertz CT molecular complexity index is 1580. The number of halogens is 1. The normalized spacial score (nSPS) is 10.9. The Morgan fingerprint density at radius 1 is 1.03 bits per heavy atom. The fourth-order valence-corrected chi connectivity index (χ4v) is 4.19. The molecule has 0 radical (unpaired) electrons. The van der Waals surface area contributed by atoms with E-state index in [2.05, 4.69) is 10.3 Å². The molecule has 0 fully saturated rings. The van der Waals surface area contributed by atoms with Crippen molar-refractivity contribution in [3.05, 3.63) is 85.6 Å². The summed E-state index contributed by atoms with van der Waals surface area (Å²) < 4.78 is 12.8. The number of amides is 1. The SMILES string of the molecule is COc1ccc(NC(=O)Cn2c(=O)c3c(C)cc(C)nc3n(-c3ccccc3OC)c2=O)cc1Cl. The number of carbonyl (C=O) groups excluding carboxylic acids is 1. The molecule has 0 atom stereocenters. The molecule has 0 unspecified atom stereocenters. The number of ether oxygens (including phenoxy) is 2. The Balaban J connectivity index is 1.87. The zero-order valence-corrected chi connectivity index (χ0v) is 20.3. The minimum Gasteiger partial charge on any atom is -0.495 e. The van der Waals surface area contributed by atoms with Gasteiger partial charge in [-0.2, -0.15) is 0 Å². The molecule has 2 heterocycles. The first-order valence-electron chi connectivity index (χ1n) is 10.7. The van der Waals surface area contributed by atoms with Crippen molar-refractivity contribution < 1.29 is 14.3 Å². The lowest BCUT2D eigenvalue weighted by Crippen LogP contribution is -2.42. The van der Waals surface area contributed by atoms with Crippen molar-refractivity contribution in [2.45, 2.75) is 20.4 Å². The highest BCUT2D eigenvalue weighted by molar-refractivity contribution is 6.32. The second-order valence-corrected chi connectivity index (χ2v) is 8.26. The highest BCUT2D eigenvalue weighted by Gasteiger charge is 2.21. The molecule has 2 aromatic heterocycles. The van der Waals surface area contributed by atoms with Gasteiger partial charge in [-0.1, -0.05) is 23.7 Å². The Hall–Kier alpha value is -4.11. The molecule has 0 aliphatic carbocycles. The number of hydrogen-bond donors (Lipinski definition) is 1. The molecule has 9 nitrogen and oxygen atoms in total. The summed E-state index contributed by atoms with van der Waals surface area (Å²) in [4.78, 5) is 44.4. The van der Waals surface area contributed by atoms with Crippen molar-refractivity contribution in [2.75, 3.05) is 19.5 Å². The predicted octanol–water partition coefficient (Wildman–Crippen LogP) is 3.47. The summed E-state index contributed by atoms with van der Waals surface area (Å²) in [5, 5.41) is 3.21. The number of rotatable bonds is 6. The highest BCUT2D eigenvalue weighted by atomic mass is 35.5. The molecule has 10 heteroatoms. The number of benzene rings is 2. The minimum absolute atomic E-state index is 0.195. The average molecular weight is 495 g/mol. The van der Waals surface area contributed by atoms with Crippen LogP contribution >= 0.6 is 11.6 Å². The van der Waals surface area contributed by atoms with E-state index >= 15 is 0 Å². The molecule has 0 spiro atoms. The van der Waals surface area contributed by atoms with Crippen molar-refractivity contribution in [3.63, 3.8) is 0 Å². The van der Waals surface area contributed by atoms with Crippen LogP contribution in [0.5, 0.6) is 11.5 Å². The number of hydrogen-bond acceptors (Lipinski definition) is 6. The summed E-state index contributed by atoms with van der Waals surface area (Å²) in [6.07, 6.45) is 0. The van der Waals surface area contributed by atoms with Crippen LogP contribution in [-0.2, 0) is 11.3 Å². The van der Waals surface area contributed by atoms with Gasteiger partial charge in [-0.05, 0) is 55.8 Å². The summed E-state index contributed by atoms with van der Waals surface area (Å²) in [6, 6.07) is 13.4. The van der Waals surface area contributed by atoms with Gasteiger partial charge in [-0.15, -0.1) is 0 Å². The maximum absolute atomic E-state index is 13.6.